The molecular weight excluding hydrogens is 460 g/mol. The topological polar surface area (TPSA) is 71.5 Å². The van der Waals surface area contributed by atoms with E-state index in [4.69, 9.17) is 9.72 Å². The van der Waals surface area contributed by atoms with Crippen molar-refractivity contribution in [2.75, 3.05) is 18.5 Å². The van der Waals surface area contributed by atoms with Crippen molar-refractivity contribution in [3.05, 3.63) is 95.3 Å². The molecule has 1 aromatic heterocycles. The fourth-order valence-electron chi connectivity index (χ4n) is 4.42. The van der Waals surface area contributed by atoms with E-state index in [0.29, 0.717) is 32.4 Å². The number of unbranched alkanes of at least 4 members (excludes halogenated alkanes) is 1. The van der Waals surface area contributed by atoms with Crippen molar-refractivity contribution in [3.63, 3.8) is 0 Å². The number of hydrogen-bond donors (Lipinski definition) is 2. The molecule has 196 valence electrons. The van der Waals surface area contributed by atoms with Gasteiger partial charge in [-0.05, 0) is 80.0 Å². The number of anilines is 1. The van der Waals surface area contributed by atoms with Crippen LogP contribution < -0.4 is 5.32 Å². The van der Waals surface area contributed by atoms with Crippen LogP contribution in [-0.4, -0.2) is 29.2 Å². The number of carbonyl (C=O) groups is 1. The third-order valence-electron chi connectivity index (χ3n) is 7.00. The highest BCUT2D eigenvalue weighted by Crippen LogP contribution is 2.31. The molecule has 2 N–H and O–H groups in total. The molecular formula is C32H40N2O3. The minimum Gasteiger partial charge on any atom is -0.481 e. The molecule has 0 aliphatic carbocycles. The Labute approximate surface area is 221 Å². The lowest BCUT2D eigenvalue weighted by Crippen LogP contribution is -2.31. The van der Waals surface area contributed by atoms with E-state index < -0.39 is 11.4 Å². The molecule has 3 aromatic rings. The highest BCUT2D eigenvalue weighted by atomic mass is 16.5. The number of aliphatic carboxylic acids is 1. The zero-order chi connectivity index (χ0) is 26.3. The van der Waals surface area contributed by atoms with E-state index in [1.54, 1.807) is 0 Å². The van der Waals surface area contributed by atoms with Gasteiger partial charge in [0.1, 0.15) is 0 Å². The van der Waals surface area contributed by atoms with Crippen LogP contribution in [0.1, 0.15) is 68.5 Å². The Balaban J connectivity index is 1.45. The third kappa shape index (κ3) is 9.18. The molecule has 37 heavy (non-hydrogen) atoms. The van der Waals surface area contributed by atoms with Gasteiger partial charge in [0, 0.05) is 18.8 Å². The predicted molar refractivity (Wildman–Crippen MR) is 152 cm³/mol. The summed E-state index contributed by atoms with van der Waals surface area (Å²) in [5.74, 6) is -0.709. The SMILES string of the molecule is CCC(CC)(CCNc1cccc(C=Cc2cccc(COCCCCc3ccccc3)n2)c1)C(=O)O. The summed E-state index contributed by atoms with van der Waals surface area (Å²) in [7, 11) is 0. The molecule has 0 saturated heterocycles. The van der Waals surface area contributed by atoms with Crippen LogP contribution in [0.15, 0.2) is 72.8 Å². The monoisotopic (exact) mass is 500 g/mol. The van der Waals surface area contributed by atoms with Crippen molar-refractivity contribution in [3.8, 4) is 0 Å². The average molecular weight is 501 g/mol. The van der Waals surface area contributed by atoms with E-state index in [-0.39, 0.29) is 0 Å². The zero-order valence-electron chi connectivity index (χ0n) is 22.2. The normalized spacial score (nSPS) is 11.6. The van der Waals surface area contributed by atoms with Gasteiger partial charge in [-0.1, -0.05) is 68.5 Å². The molecule has 0 saturated carbocycles. The number of ether oxygens (including phenoxy) is 1. The van der Waals surface area contributed by atoms with Crippen LogP contribution in [0, 0.1) is 5.41 Å². The molecule has 5 nitrogen and oxygen atoms in total. The lowest BCUT2D eigenvalue weighted by molar-refractivity contribution is -0.149. The summed E-state index contributed by atoms with van der Waals surface area (Å²) in [5, 5.41) is 13.0. The van der Waals surface area contributed by atoms with E-state index in [1.165, 1.54) is 5.56 Å². The van der Waals surface area contributed by atoms with Crippen LogP contribution >= 0.6 is 0 Å². The van der Waals surface area contributed by atoms with Crippen LogP contribution in [0.3, 0.4) is 0 Å². The van der Waals surface area contributed by atoms with Crippen molar-refractivity contribution in [2.45, 2.75) is 59.0 Å². The summed E-state index contributed by atoms with van der Waals surface area (Å²) in [6.45, 7) is 5.77. The van der Waals surface area contributed by atoms with Gasteiger partial charge in [0.25, 0.3) is 0 Å². The fraction of sp³-hybridized carbons (Fsp3) is 0.375. The zero-order valence-corrected chi connectivity index (χ0v) is 22.2. The third-order valence-corrected chi connectivity index (χ3v) is 7.00. The van der Waals surface area contributed by atoms with Crippen LogP contribution in [0.4, 0.5) is 5.69 Å². The van der Waals surface area contributed by atoms with Crippen molar-refractivity contribution in [1.29, 1.82) is 0 Å². The largest absolute Gasteiger partial charge is 0.481 e. The molecule has 2 aromatic carbocycles. The lowest BCUT2D eigenvalue weighted by atomic mass is 9.79. The minimum atomic E-state index is -0.709. The molecule has 0 atom stereocenters. The Kier molecular flexibility index (Phi) is 11.4. The minimum absolute atomic E-state index is 0.514. The summed E-state index contributed by atoms with van der Waals surface area (Å²) in [5.41, 5.74) is 4.57. The Hall–Kier alpha value is -3.44. The van der Waals surface area contributed by atoms with Gasteiger partial charge in [-0.2, -0.15) is 0 Å². The second-order valence-corrected chi connectivity index (χ2v) is 9.48. The van der Waals surface area contributed by atoms with Gasteiger partial charge in [0.2, 0.25) is 0 Å². The molecule has 0 spiro atoms. The van der Waals surface area contributed by atoms with Crippen LogP contribution in [0.25, 0.3) is 12.2 Å². The Morgan fingerprint density at radius 1 is 0.973 bits per heavy atom. The molecule has 0 bridgehead atoms. The molecule has 3 rings (SSSR count). The van der Waals surface area contributed by atoms with Crippen molar-refractivity contribution >= 4 is 23.8 Å². The van der Waals surface area contributed by atoms with Gasteiger partial charge in [0.15, 0.2) is 0 Å². The van der Waals surface area contributed by atoms with Gasteiger partial charge in [0.05, 0.1) is 23.4 Å². The molecule has 0 radical (unpaired) electrons. The molecule has 0 aliphatic heterocycles. The standard InChI is InChI=1S/C32H40N2O3/c1-3-32(4-2,31(35)36)21-22-33-29-17-10-15-27(24-29)19-20-28-16-11-18-30(34-28)25-37-23-9-8-14-26-12-6-5-7-13-26/h5-7,10-13,15-20,24,33H,3-4,8-9,14,21-23,25H2,1-2H3,(H,35,36). The van der Waals surface area contributed by atoms with Crippen LogP contribution in [-0.2, 0) is 22.6 Å². The summed E-state index contributed by atoms with van der Waals surface area (Å²) in [6, 6.07) is 24.7. The molecule has 1 heterocycles. The smallest absolute Gasteiger partial charge is 0.309 e. The van der Waals surface area contributed by atoms with Crippen LogP contribution in [0.5, 0.6) is 0 Å². The number of aromatic nitrogens is 1. The fourth-order valence-corrected chi connectivity index (χ4v) is 4.42. The Bertz CT molecular complexity index is 1120. The number of carboxylic acid groups (broad SMARTS) is 1. The molecule has 0 fully saturated rings. The number of rotatable bonds is 16. The summed E-state index contributed by atoms with van der Waals surface area (Å²) >= 11 is 0. The van der Waals surface area contributed by atoms with E-state index in [1.807, 2.05) is 68.5 Å². The number of hydrogen-bond acceptors (Lipinski definition) is 4. The van der Waals surface area contributed by atoms with E-state index in [0.717, 1.165) is 48.5 Å². The molecule has 5 heteroatoms. The Morgan fingerprint density at radius 3 is 2.51 bits per heavy atom. The second-order valence-electron chi connectivity index (χ2n) is 9.48. The van der Waals surface area contributed by atoms with Gasteiger partial charge in [-0.15, -0.1) is 0 Å². The first-order valence-corrected chi connectivity index (χ1v) is 13.4. The van der Waals surface area contributed by atoms with Gasteiger partial charge in [-0.25, -0.2) is 0 Å². The molecule has 0 aliphatic rings. The maximum absolute atomic E-state index is 11.7. The maximum atomic E-state index is 11.7. The van der Waals surface area contributed by atoms with Crippen LogP contribution in [0.2, 0.25) is 0 Å². The number of carboxylic acids is 1. The summed E-state index contributed by atoms with van der Waals surface area (Å²) < 4.78 is 5.85. The second kappa shape index (κ2) is 15.0. The predicted octanol–water partition coefficient (Wildman–Crippen LogP) is 7.48. The van der Waals surface area contributed by atoms with E-state index in [9.17, 15) is 9.90 Å². The van der Waals surface area contributed by atoms with E-state index >= 15 is 0 Å². The first-order valence-electron chi connectivity index (χ1n) is 13.4. The lowest BCUT2D eigenvalue weighted by Gasteiger charge is -2.26. The van der Waals surface area contributed by atoms with Gasteiger partial charge >= 0.3 is 5.97 Å². The van der Waals surface area contributed by atoms with Crippen molar-refractivity contribution < 1.29 is 14.6 Å². The van der Waals surface area contributed by atoms with Gasteiger partial charge in [-0.3, -0.25) is 9.78 Å². The van der Waals surface area contributed by atoms with Gasteiger partial charge < -0.3 is 15.2 Å². The number of benzene rings is 2. The summed E-state index contributed by atoms with van der Waals surface area (Å²) in [6.07, 6.45) is 9.15. The highest BCUT2D eigenvalue weighted by molar-refractivity contribution is 5.74. The van der Waals surface area contributed by atoms with Crippen molar-refractivity contribution in [1.82, 2.24) is 4.98 Å². The first-order chi connectivity index (χ1) is 18.0. The number of aryl methyl sites for hydroxylation is 1. The van der Waals surface area contributed by atoms with E-state index in [2.05, 4.69) is 35.6 Å². The molecule has 0 amide bonds. The Morgan fingerprint density at radius 2 is 1.76 bits per heavy atom. The number of pyridine rings is 1. The van der Waals surface area contributed by atoms with Crippen molar-refractivity contribution in [2.24, 2.45) is 5.41 Å². The maximum Gasteiger partial charge on any atom is 0.309 e. The average Bonchev–Trinajstić information content (AvgIpc) is 2.93. The number of nitrogens with zero attached hydrogens (tertiary/aromatic N) is 1. The summed E-state index contributed by atoms with van der Waals surface area (Å²) in [4.78, 5) is 16.4. The first kappa shape index (κ1) is 28.1. The molecule has 0 unspecified atom stereocenters. The number of nitrogens with one attached hydrogen (secondary N) is 1. The quantitative estimate of drug-likeness (QED) is 0.199. The highest BCUT2D eigenvalue weighted by Gasteiger charge is 2.34.